The van der Waals surface area contributed by atoms with Crippen LogP contribution in [0.4, 0.5) is 0 Å². The van der Waals surface area contributed by atoms with Gasteiger partial charge in [0.25, 0.3) is 5.91 Å². The van der Waals surface area contributed by atoms with Gasteiger partial charge in [0.15, 0.2) is 0 Å². The lowest BCUT2D eigenvalue weighted by atomic mass is 10.1. The number of likely N-dealkylation sites (N-methyl/N-ethyl adjacent to an activating group) is 1. The third-order valence-corrected chi connectivity index (χ3v) is 4.08. The maximum Gasteiger partial charge on any atom is 0.316 e. The average Bonchev–Trinajstić information content (AvgIpc) is 2.55. The Balaban J connectivity index is 1.71. The van der Waals surface area contributed by atoms with E-state index in [4.69, 9.17) is 4.74 Å². The number of nitrogens with zero attached hydrogens (tertiary/aromatic N) is 4. The van der Waals surface area contributed by atoms with Crippen LogP contribution in [0.2, 0.25) is 0 Å². The predicted molar refractivity (Wildman–Crippen MR) is 84.1 cm³/mol. The first kappa shape index (κ1) is 16.6. The van der Waals surface area contributed by atoms with Crippen LogP contribution in [-0.2, 0) is 0 Å². The Labute approximate surface area is 131 Å². The van der Waals surface area contributed by atoms with Crippen molar-refractivity contribution in [2.75, 3.05) is 46.9 Å². The molecule has 1 aromatic rings. The van der Waals surface area contributed by atoms with Crippen molar-refractivity contribution in [3.05, 3.63) is 18.0 Å². The van der Waals surface area contributed by atoms with Gasteiger partial charge in [-0.05, 0) is 20.4 Å². The number of piperazine rings is 1. The summed E-state index contributed by atoms with van der Waals surface area (Å²) < 4.78 is 4.87. The van der Waals surface area contributed by atoms with Gasteiger partial charge in [0.1, 0.15) is 0 Å². The summed E-state index contributed by atoms with van der Waals surface area (Å²) in [7, 11) is 3.65. The molecule has 1 aliphatic rings. The molecule has 1 aliphatic heterocycles. The molecule has 1 fully saturated rings. The van der Waals surface area contributed by atoms with E-state index in [0.29, 0.717) is 18.2 Å². The Morgan fingerprint density at radius 1 is 1.32 bits per heavy atom. The number of hydrogen-bond donors (Lipinski definition) is 1. The van der Waals surface area contributed by atoms with Crippen LogP contribution in [0.1, 0.15) is 23.7 Å². The van der Waals surface area contributed by atoms with Gasteiger partial charge in [-0.15, -0.1) is 0 Å². The van der Waals surface area contributed by atoms with Crippen LogP contribution in [0, 0.1) is 0 Å². The lowest BCUT2D eigenvalue weighted by Crippen LogP contribution is -2.48. The van der Waals surface area contributed by atoms with E-state index in [1.807, 2.05) is 0 Å². The quantitative estimate of drug-likeness (QED) is 0.812. The van der Waals surface area contributed by atoms with Gasteiger partial charge in [0, 0.05) is 51.2 Å². The van der Waals surface area contributed by atoms with Gasteiger partial charge in [-0.25, -0.2) is 9.97 Å². The molecule has 7 nitrogen and oxygen atoms in total. The van der Waals surface area contributed by atoms with E-state index in [2.05, 4.69) is 39.1 Å². The summed E-state index contributed by atoms with van der Waals surface area (Å²) in [6, 6.07) is 0.737. The summed E-state index contributed by atoms with van der Waals surface area (Å²) in [6.45, 7) is 7.28. The number of aromatic nitrogens is 2. The molecule has 1 aromatic heterocycles. The molecule has 1 atom stereocenters. The zero-order valence-corrected chi connectivity index (χ0v) is 13.6. The van der Waals surface area contributed by atoms with Crippen molar-refractivity contribution >= 4 is 5.91 Å². The molecule has 0 aliphatic carbocycles. The third kappa shape index (κ3) is 4.64. The largest absolute Gasteiger partial charge is 0.467 e. The summed E-state index contributed by atoms with van der Waals surface area (Å²) in [5, 5.41) is 2.92. The van der Waals surface area contributed by atoms with Crippen molar-refractivity contribution in [2.45, 2.75) is 19.4 Å². The number of hydrogen-bond acceptors (Lipinski definition) is 6. The molecule has 0 saturated carbocycles. The molecular formula is C15H25N5O2. The molecule has 0 aromatic carbocycles. The molecule has 0 radical (unpaired) electrons. The number of amides is 1. The van der Waals surface area contributed by atoms with E-state index in [1.165, 1.54) is 19.5 Å². The molecule has 1 saturated heterocycles. The zero-order valence-electron chi connectivity index (χ0n) is 13.6. The maximum absolute atomic E-state index is 12.0. The lowest BCUT2D eigenvalue weighted by Gasteiger charge is -2.36. The summed E-state index contributed by atoms with van der Waals surface area (Å²) in [4.78, 5) is 24.7. The predicted octanol–water partition coefficient (Wildman–Crippen LogP) is 0.241. The molecule has 2 rings (SSSR count). The molecule has 1 N–H and O–H groups in total. The first-order valence-corrected chi connectivity index (χ1v) is 7.67. The Morgan fingerprint density at radius 2 is 1.95 bits per heavy atom. The fourth-order valence-electron chi connectivity index (χ4n) is 2.48. The van der Waals surface area contributed by atoms with Crippen molar-refractivity contribution in [3.8, 4) is 6.01 Å². The smallest absolute Gasteiger partial charge is 0.316 e. The lowest BCUT2D eigenvalue weighted by molar-refractivity contribution is 0.0934. The van der Waals surface area contributed by atoms with Gasteiger partial charge in [-0.2, -0.15) is 0 Å². The molecule has 7 heteroatoms. The molecule has 2 heterocycles. The van der Waals surface area contributed by atoms with Crippen LogP contribution in [-0.4, -0.2) is 78.6 Å². The van der Waals surface area contributed by atoms with E-state index in [-0.39, 0.29) is 11.9 Å². The first-order valence-electron chi connectivity index (χ1n) is 7.67. The van der Waals surface area contributed by atoms with Crippen LogP contribution in [0.5, 0.6) is 6.01 Å². The third-order valence-electron chi connectivity index (χ3n) is 4.08. The topological polar surface area (TPSA) is 70.6 Å². The highest BCUT2D eigenvalue weighted by molar-refractivity contribution is 5.93. The van der Waals surface area contributed by atoms with Gasteiger partial charge < -0.3 is 15.0 Å². The van der Waals surface area contributed by atoms with Crippen molar-refractivity contribution in [1.29, 1.82) is 0 Å². The highest BCUT2D eigenvalue weighted by atomic mass is 16.5. The van der Waals surface area contributed by atoms with Crippen LogP contribution in [0.15, 0.2) is 12.4 Å². The second-order valence-electron chi connectivity index (χ2n) is 5.69. The fraction of sp³-hybridized carbons (Fsp3) is 0.667. The van der Waals surface area contributed by atoms with Crippen LogP contribution in [0.3, 0.4) is 0 Å². The second kappa shape index (κ2) is 8.05. The molecule has 0 bridgehead atoms. The van der Waals surface area contributed by atoms with Gasteiger partial charge in [0.05, 0.1) is 12.7 Å². The standard InChI is InChI=1S/C15H25N5O2/c1-12(20-8-6-19(2)7-9-20)4-5-16-14(21)13-10-17-15(22-3)18-11-13/h10-12H,4-9H2,1-3H3,(H,16,21)/t12-/m1/s1. The minimum Gasteiger partial charge on any atom is -0.467 e. The van der Waals surface area contributed by atoms with Crippen molar-refractivity contribution in [3.63, 3.8) is 0 Å². The Morgan fingerprint density at radius 3 is 2.55 bits per heavy atom. The summed E-state index contributed by atoms with van der Waals surface area (Å²) in [5.41, 5.74) is 0.452. The summed E-state index contributed by atoms with van der Waals surface area (Å²) in [6.07, 6.45) is 3.89. The summed E-state index contributed by atoms with van der Waals surface area (Å²) >= 11 is 0. The molecular weight excluding hydrogens is 282 g/mol. The van der Waals surface area contributed by atoms with Crippen molar-refractivity contribution in [1.82, 2.24) is 25.1 Å². The average molecular weight is 307 g/mol. The molecule has 122 valence electrons. The fourth-order valence-corrected chi connectivity index (χ4v) is 2.48. The van der Waals surface area contributed by atoms with Crippen LogP contribution < -0.4 is 10.1 Å². The zero-order chi connectivity index (χ0) is 15.9. The number of carbonyl (C=O) groups is 1. The second-order valence-corrected chi connectivity index (χ2v) is 5.69. The normalized spacial score (nSPS) is 18.0. The van der Waals surface area contributed by atoms with E-state index in [9.17, 15) is 4.79 Å². The van der Waals surface area contributed by atoms with Gasteiger partial charge >= 0.3 is 6.01 Å². The van der Waals surface area contributed by atoms with Crippen molar-refractivity contribution in [2.24, 2.45) is 0 Å². The van der Waals surface area contributed by atoms with E-state index in [1.54, 1.807) is 0 Å². The first-order chi connectivity index (χ1) is 10.6. The number of methoxy groups -OCH3 is 1. The number of rotatable bonds is 6. The Bertz CT molecular complexity index is 471. The SMILES string of the molecule is COc1ncc(C(=O)NCC[C@@H](C)N2CCN(C)CC2)cn1. The van der Waals surface area contributed by atoms with Crippen LogP contribution in [0.25, 0.3) is 0 Å². The Hall–Kier alpha value is -1.73. The molecule has 0 spiro atoms. The van der Waals surface area contributed by atoms with Crippen molar-refractivity contribution < 1.29 is 9.53 Å². The van der Waals surface area contributed by atoms with Gasteiger partial charge in [-0.3, -0.25) is 9.69 Å². The van der Waals surface area contributed by atoms with Gasteiger partial charge in [0.2, 0.25) is 0 Å². The maximum atomic E-state index is 12.0. The van der Waals surface area contributed by atoms with Crippen LogP contribution >= 0.6 is 0 Å². The number of carbonyl (C=O) groups excluding carboxylic acids is 1. The van der Waals surface area contributed by atoms with E-state index >= 15 is 0 Å². The molecule has 0 unspecified atom stereocenters. The van der Waals surface area contributed by atoms with E-state index in [0.717, 1.165) is 32.6 Å². The minimum absolute atomic E-state index is 0.145. The number of ether oxygens (including phenoxy) is 1. The minimum atomic E-state index is -0.145. The molecule has 1 amide bonds. The Kier molecular flexibility index (Phi) is 6.09. The van der Waals surface area contributed by atoms with E-state index < -0.39 is 0 Å². The monoisotopic (exact) mass is 307 g/mol. The highest BCUT2D eigenvalue weighted by Gasteiger charge is 2.19. The summed E-state index contributed by atoms with van der Waals surface area (Å²) in [5.74, 6) is -0.145. The number of nitrogens with one attached hydrogen (secondary N) is 1. The highest BCUT2D eigenvalue weighted by Crippen LogP contribution is 2.07. The molecule has 22 heavy (non-hydrogen) atoms. The van der Waals surface area contributed by atoms with Gasteiger partial charge in [-0.1, -0.05) is 0 Å².